The van der Waals surface area contributed by atoms with Crippen molar-refractivity contribution in [2.75, 3.05) is 20.8 Å². The van der Waals surface area contributed by atoms with Crippen molar-refractivity contribution in [2.45, 2.75) is 31.0 Å². The van der Waals surface area contributed by atoms with Crippen molar-refractivity contribution in [3.8, 4) is 0 Å². The summed E-state index contributed by atoms with van der Waals surface area (Å²) in [5.41, 5.74) is -1.19. The Hall–Kier alpha value is -0.610. The molecule has 2 unspecified atom stereocenters. The number of carbonyl (C=O) groups is 1. The van der Waals surface area contributed by atoms with Crippen molar-refractivity contribution in [1.82, 2.24) is 0 Å². The van der Waals surface area contributed by atoms with Gasteiger partial charge in [0, 0.05) is 7.11 Å². The molecule has 0 radical (unpaired) electrons. The van der Waals surface area contributed by atoms with Crippen LogP contribution in [-0.2, 0) is 19.0 Å². The van der Waals surface area contributed by atoms with Gasteiger partial charge in [0.1, 0.15) is 5.60 Å². The first-order chi connectivity index (χ1) is 6.60. The molecule has 4 nitrogen and oxygen atoms in total. The number of epoxide rings is 1. The number of hydrogen-bond donors (Lipinski definition) is 0. The van der Waals surface area contributed by atoms with Crippen LogP contribution in [0.3, 0.4) is 0 Å². The van der Waals surface area contributed by atoms with Crippen molar-refractivity contribution in [3.63, 3.8) is 0 Å². The largest absolute Gasteiger partial charge is 0.467 e. The van der Waals surface area contributed by atoms with E-state index in [0.29, 0.717) is 12.5 Å². The summed E-state index contributed by atoms with van der Waals surface area (Å²) in [4.78, 5) is 11.5. The third-order valence-electron chi connectivity index (χ3n) is 3.32. The molecule has 0 aromatic rings. The highest BCUT2D eigenvalue weighted by molar-refractivity contribution is 5.84. The van der Waals surface area contributed by atoms with Gasteiger partial charge in [0.2, 0.25) is 0 Å². The van der Waals surface area contributed by atoms with Crippen LogP contribution in [0.1, 0.15) is 19.8 Å². The first kappa shape index (κ1) is 9.93. The average Bonchev–Trinajstić information content (AvgIpc) is 3.02. The van der Waals surface area contributed by atoms with E-state index in [-0.39, 0.29) is 5.97 Å². The lowest BCUT2D eigenvalue weighted by Crippen LogP contribution is -2.37. The minimum Gasteiger partial charge on any atom is -0.467 e. The molecule has 0 aromatic heterocycles. The van der Waals surface area contributed by atoms with Crippen LogP contribution in [0.4, 0.5) is 0 Å². The molecule has 1 saturated heterocycles. The van der Waals surface area contributed by atoms with Gasteiger partial charge in [0.15, 0.2) is 5.60 Å². The van der Waals surface area contributed by atoms with Crippen LogP contribution in [0.25, 0.3) is 0 Å². The van der Waals surface area contributed by atoms with Crippen molar-refractivity contribution in [3.05, 3.63) is 0 Å². The van der Waals surface area contributed by atoms with Crippen LogP contribution in [0.15, 0.2) is 0 Å². The van der Waals surface area contributed by atoms with E-state index in [1.807, 2.05) is 0 Å². The van der Waals surface area contributed by atoms with E-state index in [2.05, 4.69) is 0 Å². The third kappa shape index (κ3) is 1.10. The van der Waals surface area contributed by atoms with Crippen molar-refractivity contribution >= 4 is 5.97 Å². The van der Waals surface area contributed by atoms with E-state index in [0.717, 1.165) is 12.8 Å². The average molecular weight is 200 g/mol. The summed E-state index contributed by atoms with van der Waals surface area (Å²) < 4.78 is 15.5. The smallest absolute Gasteiger partial charge is 0.341 e. The maximum absolute atomic E-state index is 11.5. The van der Waals surface area contributed by atoms with Gasteiger partial charge in [-0.15, -0.1) is 0 Å². The molecular formula is C10H16O4. The Kier molecular flexibility index (Phi) is 2.08. The molecule has 0 N–H and O–H groups in total. The monoisotopic (exact) mass is 200 g/mol. The van der Waals surface area contributed by atoms with Gasteiger partial charge in [-0.05, 0) is 25.7 Å². The Morgan fingerprint density at radius 2 is 2.14 bits per heavy atom. The van der Waals surface area contributed by atoms with Crippen molar-refractivity contribution in [1.29, 1.82) is 0 Å². The van der Waals surface area contributed by atoms with E-state index >= 15 is 0 Å². The molecule has 80 valence electrons. The van der Waals surface area contributed by atoms with Gasteiger partial charge in [-0.25, -0.2) is 4.79 Å². The Balaban J connectivity index is 2.13. The highest BCUT2D eigenvalue weighted by Gasteiger charge is 2.77. The lowest BCUT2D eigenvalue weighted by Gasteiger charge is -2.13. The molecule has 2 aliphatic rings. The van der Waals surface area contributed by atoms with E-state index in [1.54, 1.807) is 14.0 Å². The molecule has 0 spiro atoms. The molecule has 0 bridgehead atoms. The van der Waals surface area contributed by atoms with Crippen LogP contribution >= 0.6 is 0 Å². The number of carbonyl (C=O) groups excluding carboxylic acids is 1. The van der Waals surface area contributed by atoms with Gasteiger partial charge in [0.05, 0.1) is 13.7 Å². The highest BCUT2D eigenvalue weighted by Crippen LogP contribution is 2.61. The van der Waals surface area contributed by atoms with Crippen LogP contribution in [-0.4, -0.2) is 38.0 Å². The molecule has 1 heterocycles. The van der Waals surface area contributed by atoms with E-state index in [4.69, 9.17) is 14.2 Å². The SMILES string of the molecule is COCC1(C2CC2)OC1(C)C(=O)OC. The molecule has 0 aromatic carbocycles. The summed E-state index contributed by atoms with van der Waals surface area (Å²) in [5, 5.41) is 0. The fourth-order valence-corrected chi connectivity index (χ4v) is 2.27. The van der Waals surface area contributed by atoms with Gasteiger partial charge in [-0.2, -0.15) is 0 Å². The number of methoxy groups -OCH3 is 2. The zero-order valence-electron chi connectivity index (χ0n) is 8.83. The minimum atomic E-state index is -0.779. The number of rotatable bonds is 4. The first-order valence-corrected chi connectivity index (χ1v) is 4.88. The van der Waals surface area contributed by atoms with Crippen LogP contribution < -0.4 is 0 Å². The van der Waals surface area contributed by atoms with Gasteiger partial charge in [0.25, 0.3) is 0 Å². The third-order valence-corrected chi connectivity index (χ3v) is 3.32. The fourth-order valence-electron chi connectivity index (χ4n) is 2.27. The summed E-state index contributed by atoms with van der Waals surface area (Å²) in [5.74, 6) is 0.174. The van der Waals surface area contributed by atoms with Gasteiger partial charge in [-0.3, -0.25) is 0 Å². The summed E-state index contributed by atoms with van der Waals surface area (Å²) in [7, 11) is 3.02. The summed E-state index contributed by atoms with van der Waals surface area (Å²) in [6.07, 6.45) is 2.24. The first-order valence-electron chi connectivity index (χ1n) is 4.88. The van der Waals surface area contributed by atoms with E-state index < -0.39 is 11.2 Å². The summed E-state index contributed by atoms with van der Waals surface area (Å²) in [6, 6.07) is 0. The maximum atomic E-state index is 11.5. The van der Waals surface area contributed by atoms with Crippen LogP contribution in [0, 0.1) is 5.92 Å². The van der Waals surface area contributed by atoms with Crippen molar-refractivity contribution < 1.29 is 19.0 Å². The second-order valence-electron chi connectivity index (χ2n) is 4.22. The Labute approximate surface area is 83.5 Å². The second-order valence-corrected chi connectivity index (χ2v) is 4.22. The molecule has 1 aliphatic carbocycles. The molecule has 14 heavy (non-hydrogen) atoms. The van der Waals surface area contributed by atoms with Gasteiger partial charge in [-0.1, -0.05) is 0 Å². The summed E-state index contributed by atoms with van der Waals surface area (Å²) >= 11 is 0. The number of ether oxygens (including phenoxy) is 3. The topological polar surface area (TPSA) is 48.1 Å². The van der Waals surface area contributed by atoms with E-state index in [1.165, 1.54) is 7.11 Å². The number of hydrogen-bond acceptors (Lipinski definition) is 4. The Bertz CT molecular complexity index is 261. The number of esters is 1. The van der Waals surface area contributed by atoms with E-state index in [9.17, 15) is 4.79 Å². The Morgan fingerprint density at radius 3 is 2.57 bits per heavy atom. The lowest BCUT2D eigenvalue weighted by molar-refractivity contribution is -0.146. The quantitative estimate of drug-likeness (QED) is 0.496. The fraction of sp³-hybridized carbons (Fsp3) is 0.900. The van der Waals surface area contributed by atoms with Crippen molar-refractivity contribution in [2.24, 2.45) is 5.92 Å². The predicted molar refractivity (Wildman–Crippen MR) is 48.8 cm³/mol. The molecule has 0 amide bonds. The zero-order chi connectivity index (χ0) is 10.4. The molecule has 2 rings (SSSR count). The molecule has 2 atom stereocenters. The maximum Gasteiger partial charge on any atom is 0.341 e. The summed E-state index contributed by atoms with van der Waals surface area (Å²) in [6.45, 7) is 2.26. The predicted octanol–water partition coefficient (Wildman–Crippen LogP) is 0.744. The second kappa shape index (κ2) is 2.94. The minimum absolute atomic E-state index is 0.290. The van der Waals surface area contributed by atoms with Crippen LogP contribution in [0.5, 0.6) is 0 Å². The van der Waals surface area contributed by atoms with Gasteiger partial charge < -0.3 is 14.2 Å². The lowest BCUT2D eigenvalue weighted by atomic mass is 9.90. The zero-order valence-corrected chi connectivity index (χ0v) is 8.83. The van der Waals surface area contributed by atoms with Crippen LogP contribution in [0.2, 0.25) is 0 Å². The Morgan fingerprint density at radius 1 is 1.50 bits per heavy atom. The molecule has 4 heteroatoms. The molecular weight excluding hydrogens is 184 g/mol. The molecule has 1 saturated carbocycles. The standard InChI is InChI=1S/C10H16O4/c1-9(8(11)13-3)10(14-9,6-12-2)7-4-5-7/h7H,4-6H2,1-3H3. The highest BCUT2D eigenvalue weighted by atomic mass is 16.7. The molecule has 1 aliphatic heterocycles. The molecule has 2 fully saturated rings. The normalized spacial score (nSPS) is 40.8. The van der Waals surface area contributed by atoms with Gasteiger partial charge >= 0.3 is 5.97 Å².